The molecule has 0 amide bonds. The van der Waals surface area contributed by atoms with Crippen LogP contribution in [-0.4, -0.2) is 16.3 Å². The highest BCUT2D eigenvalue weighted by Gasteiger charge is 2.08. The zero-order valence-electron chi connectivity index (χ0n) is 11.4. The fourth-order valence-corrected chi connectivity index (χ4v) is 2.23. The minimum absolute atomic E-state index is 0.998. The smallest absolute Gasteiger partial charge is 0.0628 e. The second-order valence-corrected chi connectivity index (χ2v) is 4.67. The Labute approximate surface area is 109 Å². The van der Waals surface area contributed by atoms with Gasteiger partial charge in [0.1, 0.15) is 0 Å². The SMILES string of the molecule is Cc1nn(C)c(C)c1CCCNc1ccccc1. The molecule has 0 radical (unpaired) electrons. The number of benzene rings is 1. The number of anilines is 1. The van der Waals surface area contributed by atoms with Crippen LogP contribution < -0.4 is 5.32 Å². The van der Waals surface area contributed by atoms with E-state index in [-0.39, 0.29) is 0 Å². The molecule has 0 spiro atoms. The van der Waals surface area contributed by atoms with Crippen molar-refractivity contribution in [1.29, 1.82) is 0 Å². The second kappa shape index (κ2) is 5.71. The van der Waals surface area contributed by atoms with Crippen molar-refractivity contribution in [3.05, 3.63) is 47.3 Å². The van der Waals surface area contributed by atoms with E-state index in [0.717, 1.165) is 25.1 Å². The molecule has 1 aromatic carbocycles. The molecule has 0 bridgehead atoms. The first-order valence-electron chi connectivity index (χ1n) is 6.46. The highest BCUT2D eigenvalue weighted by molar-refractivity contribution is 5.42. The molecule has 1 N–H and O–H groups in total. The maximum Gasteiger partial charge on any atom is 0.0628 e. The lowest BCUT2D eigenvalue weighted by Gasteiger charge is -2.06. The first-order valence-corrected chi connectivity index (χ1v) is 6.46. The molecule has 0 aliphatic carbocycles. The summed E-state index contributed by atoms with van der Waals surface area (Å²) in [5.41, 5.74) is 5.03. The van der Waals surface area contributed by atoms with Gasteiger partial charge < -0.3 is 5.32 Å². The van der Waals surface area contributed by atoms with Crippen LogP contribution in [0.1, 0.15) is 23.4 Å². The largest absolute Gasteiger partial charge is 0.385 e. The lowest BCUT2D eigenvalue weighted by molar-refractivity contribution is 0.729. The van der Waals surface area contributed by atoms with Gasteiger partial charge in [-0.1, -0.05) is 18.2 Å². The molecule has 96 valence electrons. The first kappa shape index (κ1) is 12.7. The van der Waals surface area contributed by atoms with E-state index in [0.29, 0.717) is 0 Å². The fourth-order valence-electron chi connectivity index (χ4n) is 2.23. The summed E-state index contributed by atoms with van der Waals surface area (Å²) in [5, 5.41) is 7.88. The predicted octanol–water partition coefficient (Wildman–Crippen LogP) is 3.08. The summed E-state index contributed by atoms with van der Waals surface area (Å²) in [6.07, 6.45) is 2.22. The van der Waals surface area contributed by atoms with Crippen LogP contribution in [0.5, 0.6) is 0 Å². The minimum Gasteiger partial charge on any atom is -0.385 e. The van der Waals surface area contributed by atoms with E-state index in [1.54, 1.807) is 0 Å². The van der Waals surface area contributed by atoms with Gasteiger partial charge in [-0.3, -0.25) is 4.68 Å². The van der Waals surface area contributed by atoms with Crippen molar-refractivity contribution in [3.63, 3.8) is 0 Å². The molecule has 0 aliphatic heterocycles. The summed E-state index contributed by atoms with van der Waals surface area (Å²) in [6.45, 7) is 5.23. The third-order valence-corrected chi connectivity index (χ3v) is 3.37. The number of nitrogens with zero attached hydrogens (tertiary/aromatic N) is 2. The average Bonchev–Trinajstić information content (AvgIpc) is 2.61. The monoisotopic (exact) mass is 243 g/mol. The lowest BCUT2D eigenvalue weighted by Crippen LogP contribution is -2.03. The van der Waals surface area contributed by atoms with E-state index in [2.05, 4.69) is 48.5 Å². The third kappa shape index (κ3) is 2.92. The van der Waals surface area contributed by atoms with Gasteiger partial charge in [-0.2, -0.15) is 5.10 Å². The lowest BCUT2D eigenvalue weighted by atomic mass is 10.1. The van der Waals surface area contributed by atoms with E-state index >= 15 is 0 Å². The third-order valence-electron chi connectivity index (χ3n) is 3.37. The standard InChI is InChI=1S/C15H21N3/c1-12-15(13(2)18(3)17-12)10-7-11-16-14-8-5-4-6-9-14/h4-6,8-9,16H,7,10-11H2,1-3H3. The Bertz CT molecular complexity index is 500. The molecular weight excluding hydrogens is 222 g/mol. The van der Waals surface area contributed by atoms with Gasteiger partial charge in [-0.15, -0.1) is 0 Å². The van der Waals surface area contributed by atoms with Gasteiger partial charge in [0.25, 0.3) is 0 Å². The zero-order chi connectivity index (χ0) is 13.0. The molecule has 0 unspecified atom stereocenters. The maximum absolute atomic E-state index is 4.44. The molecule has 2 rings (SSSR count). The van der Waals surface area contributed by atoms with Crippen LogP contribution in [0.2, 0.25) is 0 Å². The van der Waals surface area contributed by atoms with E-state index in [1.165, 1.54) is 16.9 Å². The van der Waals surface area contributed by atoms with Crippen LogP contribution in [0.25, 0.3) is 0 Å². The van der Waals surface area contributed by atoms with Crippen LogP contribution in [0.15, 0.2) is 30.3 Å². The van der Waals surface area contributed by atoms with Gasteiger partial charge in [0.2, 0.25) is 0 Å². The zero-order valence-corrected chi connectivity index (χ0v) is 11.4. The molecule has 18 heavy (non-hydrogen) atoms. The first-order chi connectivity index (χ1) is 8.68. The van der Waals surface area contributed by atoms with E-state index in [4.69, 9.17) is 0 Å². The Hall–Kier alpha value is -1.77. The summed E-state index contributed by atoms with van der Waals surface area (Å²) < 4.78 is 1.97. The number of aromatic nitrogens is 2. The van der Waals surface area contributed by atoms with Gasteiger partial charge in [0.15, 0.2) is 0 Å². The summed E-state index contributed by atoms with van der Waals surface area (Å²) >= 11 is 0. The summed E-state index contributed by atoms with van der Waals surface area (Å²) in [6, 6.07) is 10.3. The van der Waals surface area contributed by atoms with Crippen molar-refractivity contribution < 1.29 is 0 Å². The molecule has 0 aliphatic rings. The molecule has 0 fully saturated rings. The van der Waals surface area contributed by atoms with Gasteiger partial charge in [0.05, 0.1) is 5.69 Å². The number of hydrogen-bond acceptors (Lipinski definition) is 2. The summed E-state index contributed by atoms with van der Waals surface area (Å²) in [7, 11) is 2.01. The molecule has 2 aromatic rings. The highest BCUT2D eigenvalue weighted by Crippen LogP contribution is 2.14. The predicted molar refractivity (Wildman–Crippen MR) is 75.9 cm³/mol. The van der Waals surface area contributed by atoms with Crippen molar-refractivity contribution in [2.24, 2.45) is 7.05 Å². The van der Waals surface area contributed by atoms with E-state index in [9.17, 15) is 0 Å². The quantitative estimate of drug-likeness (QED) is 0.818. The Morgan fingerprint density at radius 2 is 1.89 bits per heavy atom. The molecule has 0 saturated heterocycles. The van der Waals surface area contributed by atoms with Gasteiger partial charge in [-0.05, 0) is 44.4 Å². The average molecular weight is 243 g/mol. The van der Waals surface area contributed by atoms with Crippen LogP contribution in [0.3, 0.4) is 0 Å². The molecular formula is C15H21N3. The fraction of sp³-hybridized carbons (Fsp3) is 0.400. The Morgan fingerprint density at radius 1 is 1.17 bits per heavy atom. The highest BCUT2D eigenvalue weighted by atomic mass is 15.3. The molecule has 3 nitrogen and oxygen atoms in total. The number of aryl methyl sites for hydroxylation is 2. The van der Waals surface area contributed by atoms with E-state index in [1.807, 2.05) is 17.8 Å². The Morgan fingerprint density at radius 3 is 2.50 bits per heavy atom. The van der Waals surface area contributed by atoms with Crippen LogP contribution >= 0.6 is 0 Å². The molecule has 1 aromatic heterocycles. The van der Waals surface area contributed by atoms with Gasteiger partial charge >= 0.3 is 0 Å². The topological polar surface area (TPSA) is 29.9 Å². The Balaban J connectivity index is 1.82. The molecule has 0 atom stereocenters. The summed E-state index contributed by atoms with van der Waals surface area (Å²) in [4.78, 5) is 0. The summed E-state index contributed by atoms with van der Waals surface area (Å²) in [5.74, 6) is 0. The van der Waals surface area contributed by atoms with Gasteiger partial charge in [0, 0.05) is 25.0 Å². The number of rotatable bonds is 5. The van der Waals surface area contributed by atoms with Gasteiger partial charge in [-0.25, -0.2) is 0 Å². The second-order valence-electron chi connectivity index (χ2n) is 4.67. The number of nitrogens with one attached hydrogen (secondary N) is 1. The van der Waals surface area contributed by atoms with Crippen molar-refractivity contribution >= 4 is 5.69 Å². The molecule has 1 heterocycles. The van der Waals surface area contributed by atoms with Crippen molar-refractivity contribution in [2.75, 3.05) is 11.9 Å². The van der Waals surface area contributed by atoms with Crippen molar-refractivity contribution in [1.82, 2.24) is 9.78 Å². The minimum atomic E-state index is 0.998. The number of para-hydroxylation sites is 1. The van der Waals surface area contributed by atoms with Crippen LogP contribution in [-0.2, 0) is 13.5 Å². The van der Waals surface area contributed by atoms with E-state index < -0.39 is 0 Å². The molecule has 0 saturated carbocycles. The Kier molecular flexibility index (Phi) is 4.03. The maximum atomic E-state index is 4.44. The normalized spacial score (nSPS) is 10.6. The van der Waals surface area contributed by atoms with Crippen molar-refractivity contribution in [3.8, 4) is 0 Å². The van der Waals surface area contributed by atoms with Crippen LogP contribution in [0, 0.1) is 13.8 Å². The molecule has 3 heteroatoms. The van der Waals surface area contributed by atoms with Crippen molar-refractivity contribution in [2.45, 2.75) is 26.7 Å². The van der Waals surface area contributed by atoms with Crippen LogP contribution in [0.4, 0.5) is 5.69 Å². The number of hydrogen-bond donors (Lipinski definition) is 1.